The number of carbonyl (C=O) groups is 1. The summed E-state index contributed by atoms with van der Waals surface area (Å²) < 4.78 is 5.81. The van der Waals surface area contributed by atoms with Crippen LogP contribution in [0.25, 0.3) is 22.3 Å². The van der Waals surface area contributed by atoms with Gasteiger partial charge in [-0.2, -0.15) is 0 Å². The molecule has 0 amide bonds. The molecular weight excluding hydrogens is 418 g/mol. The van der Waals surface area contributed by atoms with Gasteiger partial charge in [-0.25, -0.2) is 14.8 Å². The van der Waals surface area contributed by atoms with Gasteiger partial charge in [-0.15, -0.1) is 0 Å². The Morgan fingerprint density at radius 3 is 2.50 bits per heavy atom. The van der Waals surface area contributed by atoms with E-state index in [0.717, 1.165) is 20.9 Å². The van der Waals surface area contributed by atoms with Crippen LogP contribution in [0, 0.1) is 0 Å². The lowest BCUT2D eigenvalue weighted by atomic mass is 10.1. The van der Waals surface area contributed by atoms with Gasteiger partial charge in [0.25, 0.3) is 0 Å². The molecule has 5 nitrogen and oxygen atoms in total. The number of esters is 1. The Bertz CT molecular complexity index is 1160. The van der Waals surface area contributed by atoms with Crippen LogP contribution in [0.1, 0.15) is 10.4 Å². The average Bonchev–Trinajstić information content (AvgIpc) is 2.74. The normalized spacial score (nSPS) is 10.6. The Hall–Kier alpha value is -3.25. The smallest absolute Gasteiger partial charge is 0.339 e. The van der Waals surface area contributed by atoms with E-state index in [2.05, 4.69) is 21.2 Å². The zero-order valence-corrected chi connectivity index (χ0v) is 16.6. The minimum atomic E-state index is -0.411. The number of aromatic nitrogens is 2. The highest BCUT2D eigenvalue weighted by molar-refractivity contribution is 9.10. The highest BCUT2D eigenvalue weighted by atomic mass is 79.9. The maximum absolute atomic E-state index is 12.1. The zero-order valence-electron chi connectivity index (χ0n) is 15.0. The van der Waals surface area contributed by atoms with Gasteiger partial charge < -0.3 is 10.1 Å². The van der Waals surface area contributed by atoms with Crippen LogP contribution in [0.5, 0.6) is 0 Å². The molecule has 1 N–H and O–H groups in total. The Balaban J connectivity index is 1.88. The minimum absolute atomic E-state index is 0.411. The van der Waals surface area contributed by atoms with Crippen LogP contribution in [0.3, 0.4) is 0 Å². The molecule has 4 rings (SSSR count). The summed E-state index contributed by atoms with van der Waals surface area (Å²) in [5.74, 6) is 0.806. The number of nitrogens with zero attached hydrogens (tertiary/aromatic N) is 2. The number of methoxy groups -OCH3 is 1. The lowest BCUT2D eigenvalue weighted by Gasteiger charge is -2.13. The maximum Gasteiger partial charge on any atom is 0.339 e. The van der Waals surface area contributed by atoms with E-state index in [1.165, 1.54) is 7.11 Å². The first-order valence-electron chi connectivity index (χ1n) is 8.63. The van der Waals surface area contributed by atoms with Crippen molar-refractivity contribution in [3.8, 4) is 11.4 Å². The molecule has 3 aromatic carbocycles. The van der Waals surface area contributed by atoms with Crippen LogP contribution in [-0.2, 0) is 4.74 Å². The zero-order chi connectivity index (χ0) is 19.5. The van der Waals surface area contributed by atoms with Crippen molar-refractivity contribution >= 4 is 44.3 Å². The summed E-state index contributed by atoms with van der Waals surface area (Å²) in [4.78, 5) is 21.6. The van der Waals surface area contributed by atoms with Crippen LogP contribution in [-0.4, -0.2) is 23.0 Å². The van der Waals surface area contributed by atoms with Crippen molar-refractivity contribution in [3.05, 3.63) is 82.8 Å². The van der Waals surface area contributed by atoms with E-state index in [1.807, 2.05) is 60.7 Å². The minimum Gasteiger partial charge on any atom is -0.465 e. The summed E-state index contributed by atoms with van der Waals surface area (Å²) in [5.41, 5.74) is 2.77. The van der Waals surface area contributed by atoms with Crippen LogP contribution >= 0.6 is 15.9 Å². The fraction of sp³-hybridized carbons (Fsp3) is 0.0455. The number of carbonyl (C=O) groups excluding carboxylic acids is 1. The molecule has 0 aliphatic carbocycles. The topological polar surface area (TPSA) is 64.1 Å². The van der Waals surface area contributed by atoms with Gasteiger partial charge in [0.1, 0.15) is 5.82 Å². The molecule has 0 saturated carbocycles. The van der Waals surface area contributed by atoms with Crippen LogP contribution < -0.4 is 5.32 Å². The van der Waals surface area contributed by atoms with Crippen molar-refractivity contribution in [3.63, 3.8) is 0 Å². The van der Waals surface area contributed by atoms with Gasteiger partial charge in [-0.1, -0.05) is 58.4 Å². The fourth-order valence-corrected chi connectivity index (χ4v) is 3.28. The number of para-hydroxylation sites is 1. The van der Waals surface area contributed by atoms with Gasteiger partial charge in [0.05, 0.1) is 23.9 Å². The Labute approximate surface area is 170 Å². The number of rotatable bonds is 4. The number of fused-ring (bicyclic) bond motifs is 1. The molecule has 4 aromatic rings. The van der Waals surface area contributed by atoms with E-state index in [9.17, 15) is 4.79 Å². The summed E-state index contributed by atoms with van der Waals surface area (Å²) in [5, 5.41) is 4.14. The molecule has 0 fully saturated rings. The molecule has 0 aliphatic heterocycles. The molecule has 0 radical (unpaired) electrons. The third-order valence-corrected chi connectivity index (χ3v) is 4.77. The van der Waals surface area contributed by atoms with Gasteiger partial charge in [-0.05, 0) is 30.3 Å². The monoisotopic (exact) mass is 433 g/mol. The predicted molar refractivity (Wildman–Crippen MR) is 114 cm³/mol. The number of hydrogen-bond acceptors (Lipinski definition) is 5. The lowest BCUT2D eigenvalue weighted by Crippen LogP contribution is -2.07. The van der Waals surface area contributed by atoms with Crippen molar-refractivity contribution < 1.29 is 9.53 Å². The lowest BCUT2D eigenvalue weighted by molar-refractivity contribution is 0.0602. The molecule has 0 atom stereocenters. The average molecular weight is 434 g/mol. The number of ether oxygens (including phenoxy) is 1. The molecule has 0 unspecified atom stereocenters. The van der Waals surface area contributed by atoms with E-state index in [4.69, 9.17) is 14.7 Å². The number of nitrogens with one attached hydrogen (secondary N) is 1. The molecule has 28 heavy (non-hydrogen) atoms. The number of anilines is 2. The summed E-state index contributed by atoms with van der Waals surface area (Å²) in [7, 11) is 1.36. The summed E-state index contributed by atoms with van der Waals surface area (Å²) in [6.07, 6.45) is 0. The molecule has 138 valence electrons. The van der Waals surface area contributed by atoms with Gasteiger partial charge in [-0.3, -0.25) is 0 Å². The van der Waals surface area contributed by atoms with Crippen molar-refractivity contribution in [2.75, 3.05) is 12.4 Å². The standard InChI is InChI=1S/C22H16BrN3O2/c1-28-22(27)16-9-5-6-10-18(16)25-21-17-13-15(23)11-12-19(17)24-20(26-21)14-7-3-2-4-8-14/h2-13H,1H3,(H,24,25,26). The number of halogens is 1. The SMILES string of the molecule is COC(=O)c1ccccc1Nc1nc(-c2ccccc2)nc2ccc(Br)cc12. The second kappa shape index (κ2) is 7.78. The molecule has 1 aromatic heterocycles. The summed E-state index contributed by atoms with van der Waals surface area (Å²) in [6.45, 7) is 0. The predicted octanol–water partition coefficient (Wildman–Crippen LogP) is 5.59. The van der Waals surface area contributed by atoms with Crippen molar-refractivity contribution in [2.24, 2.45) is 0 Å². The molecule has 0 saturated heterocycles. The van der Waals surface area contributed by atoms with E-state index < -0.39 is 5.97 Å². The van der Waals surface area contributed by atoms with E-state index in [-0.39, 0.29) is 0 Å². The van der Waals surface area contributed by atoms with Crippen LogP contribution in [0.4, 0.5) is 11.5 Å². The number of hydrogen-bond donors (Lipinski definition) is 1. The van der Waals surface area contributed by atoms with E-state index in [0.29, 0.717) is 22.9 Å². The quantitative estimate of drug-likeness (QED) is 0.425. The number of benzene rings is 3. The molecule has 0 aliphatic rings. The van der Waals surface area contributed by atoms with Gasteiger partial charge >= 0.3 is 5.97 Å². The molecular formula is C22H16BrN3O2. The summed E-state index contributed by atoms with van der Waals surface area (Å²) in [6, 6.07) is 22.8. The second-order valence-electron chi connectivity index (χ2n) is 6.09. The Kier molecular flexibility index (Phi) is 5.04. The van der Waals surface area contributed by atoms with Gasteiger partial charge in [0, 0.05) is 15.4 Å². The van der Waals surface area contributed by atoms with Crippen molar-refractivity contribution in [2.45, 2.75) is 0 Å². The maximum atomic E-state index is 12.1. The summed E-state index contributed by atoms with van der Waals surface area (Å²) >= 11 is 3.51. The first-order chi connectivity index (χ1) is 13.7. The van der Waals surface area contributed by atoms with Gasteiger partial charge in [0.15, 0.2) is 5.82 Å². The second-order valence-corrected chi connectivity index (χ2v) is 7.00. The van der Waals surface area contributed by atoms with E-state index in [1.54, 1.807) is 12.1 Å². The Morgan fingerprint density at radius 1 is 0.964 bits per heavy atom. The highest BCUT2D eigenvalue weighted by Crippen LogP contribution is 2.30. The molecule has 0 spiro atoms. The van der Waals surface area contributed by atoms with Crippen molar-refractivity contribution in [1.82, 2.24) is 9.97 Å². The molecule has 0 bridgehead atoms. The third-order valence-electron chi connectivity index (χ3n) is 4.28. The van der Waals surface area contributed by atoms with Crippen molar-refractivity contribution in [1.29, 1.82) is 0 Å². The third kappa shape index (κ3) is 3.59. The first-order valence-corrected chi connectivity index (χ1v) is 9.42. The van der Waals surface area contributed by atoms with E-state index >= 15 is 0 Å². The largest absolute Gasteiger partial charge is 0.465 e. The van der Waals surface area contributed by atoms with Crippen LogP contribution in [0.15, 0.2) is 77.3 Å². The molecule has 1 heterocycles. The first kappa shape index (κ1) is 18.1. The fourth-order valence-electron chi connectivity index (χ4n) is 2.92. The highest BCUT2D eigenvalue weighted by Gasteiger charge is 2.15. The van der Waals surface area contributed by atoms with Crippen LogP contribution in [0.2, 0.25) is 0 Å². The molecule has 6 heteroatoms. The Morgan fingerprint density at radius 2 is 1.71 bits per heavy atom. The van der Waals surface area contributed by atoms with Gasteiger partial charge in [0.2, 0.25) is 0 Å².